The van der Waals surface area contributed by atoms with E-state index in [4.69, 9.17) is 0 Å². The Morgan fingerprint density at radius 1 is 1.35 bits per heavy atom. The summed E-state index contributed by atoms with van der Waals surface area (Å²) in [5.41, 5.74) is 0.785. The van der Waals surface area contributed by atoms with E-state index in [0.29, 0.717) is 11.8 Å². The zero-order valence-corrected chi connectivity index (χ0v) is 17.2. The molecule has 0 aliphatic carbocycles. The van der Waals surface area contributed by atoms with Gasteiger partial charge < -0.3 is 10.2 Å². The molecule has 1 unspecified atom stereocenters. The number of rotatable bonds is 6. The van der Waals surface area contributed by atoms with Crippen LogP contribution in [0.1, 0.15) is 32.6 Å². The maximum absolute atomic E-state index is 12.2. The fourth-order valence-electron chi connectivity index (χ4n) is 3.20. The number of nitrogens with one attached hydrogen (secondary N) is 1. The van der Waals surface area contributed by atoms with Gasteiger partial charge in [0.2, 0.25) is 5.91 Å². The molecule has 1 aliphatic rings. The summed E-state index contributed by atoms with van der Waals surface area (Å²) >= 11 is 4.84. The van der Waals surface area contributed by atoms with E-state index in [9.17, 15) is 4.79 Å². The van der Waals surface area contributed by atoms with Crippen LogP contribution in [0.4, 0.5) is 11.5 Å². The molecule has 3 rings (SSSR count). The molecule has 5 nitrogen and oxygen atoms in total. The molecule has 1 amide bonds. The van der Waals surface area contributed by atoms with Crippen molar-refractivity contribution in [3.8, 4) is 0 Å². The van der Waals surface area contributed by atoms with Gasteiger partial charge in [-0.15, -0.1) is 0 Å². The Labute approximate surface area is 167 Å². The van der Waals surface area contributed by atoms with Gasteiger partial charge >= 0.3 is 0 Å². The molecule has 1 aromatic heterocycles. The van der Waals surface area contributed by atoms with Crippen LogP contribution >= 0.6 is 27.7 Å². The van der Waals surface area contributed by atoms with E-state index in [1.807, 2.05) is 30.3 Å². The van der Waals surface area contributed by atoms with Crippen molar-refractivity contribution >= 4 is 45.1 Å². The fourth-order valence-corrected chi connectivity index (χ4v) is 4.26. The molecule has 2 heterocycles. The first-order chi connectivity index (χ1) is 12.7. The maximum atomic E-state index is 12.2. The number of hydrogen-bond acceptors (Lipinski definition) is 5. The number of halogens is 1. The normalized spacial score (nSPS) is 17.2. The van der Waals surface area contributed by atoms with Crippen molar-refractivity contribution in [1.82, 2.24) is 9.97 Å². The lowest BCUT2D eigenvalue weighted by Gasteiger charge is -2.36. The molecule has 138 valence electrons. The Kier molecular flexibility index (Phi) is 6.91. The largest absolute Gasteiger partial charge is 0.354 e. The van der Waals surface area contributed by atoms with E-state index in [-0.39, 0.29) is 5.91 Å². The van der Waals surface area contributed by atoms with E-state index in [1.54, 1.807) is 6.33 Å². The number of thioether (sulfide) groups is 1. The number of piperidine rings is 1. The fraction of sp³-hybridized carbons (Fsp3) is 0.421. The summed E-state index contributed by atoms with van der Waals surface area (Å²) in [7, 11) is 0. The number of aromatic nitrogens is 2. The molecule has 0 spiro atoms. The van der Waals surface area contributed by atoms with Gasteiger partial charge in [0.15, 0.2) is 0 Å². The highest BCUT2D eigenvalue weighted by atomic mass is 79.9. The summed E-state index contributed by atoms with van der Waals surface area (Å²) in [5.74, 6) is 1.25. The third kappa shape index (κ3) is 5.20. The van der Waals surface area contributed by atoms with Crippen LogP contribution in [-0.2, 0) is 4.79 Å². The lowest BCUT2D eigenvalue weighted by molar-refractivity contribution is -0.113. The summed E-state index contributed by atoms with van der Waals surface area (Å²) < 4.78 is 0.940. The van der Waals surface area contributed by atoms with Crippen LogP contribution in [0.25, 0.3) is 0 Å². The molecule has 1 saturated heterocycles. The van der Waals surface area contributed by atoms with Gasteiger partial charge in [0.25, 0.3) is 0 Å². The minimum Gasteiger partial charge on any atom is -0.354 e. The van der Waals surface area contributed by atoms with Gasteiger partial charge in [0.1, 0.15) is 17.2 Å². The third-order valence-corrected chi connectivity index (χ3v) is 5.90. The van der Waals surface area contributed by atoms with Crippen molar-refractivity contribution in [2.75, 3.05) is 22.5 Å². The molecule has 0 saturated carbocycles. The molecule has 1 aromatic carbocycles. The highest BCUT2D eigenvalue weighted by molar-refractivity contribution is 9.10. The number of nitrogens with zero attached hydrogens (tertiary/aromatic N) is 3. The van der Waals surface area contributed by atoms with Crippen molar-refractivity contribution in [2.45, 2.75) is 43.7 Å². The van der Waals surface area contributed by atoms with Crippen LogP contribution in [0.2, 0.25) is 0 Å². The molecule has 1 N–H and O–H groups in total. The number of carbonyl (C=O) groups excluding carboxylic acids is 1. The molecule has 0 bridgehead atoms. The first-order valence-corrected chi connectivity index (χ1v) is 10.7. The van der Waals surface area contributed by atoms with Gasteiger partial charge in [-0.3, -0.25) is 4.79 Å². The van der Waals surface area contributed by atoms with Gasteiger partial charge in [-0.2, -0.15) is 0 Å². The molecular formula is C19H23BrN4OS. The first-order valence-electron chi connectivity index (χ1n) is 8.92. The quantitative estimate of drug-likeness (QED) is 0.525. The average molecular weight is 435 g/mol. The van der Waals surface area contributed by atoms with Gasteiger partial charge in [-0.25, -0.2) is 9.97 Å². The van der Waals surface area contributed by atoms with Crippen molar-refractivity contribution < 1.29 is 4.79 Å². The highest BCUT2D eigenvalue weighted by Crippen LogP contribution is 2.27. The predicted octanol–water partition coefficient (Wildman–Crippen LogP) is 4.74. The first kappa shape index (κ1) is 19.2. The van der Waals surface area contributed by atoms with Gasteiger partial charge in [0, 0.05) is 28.8 Å². The predicted molar refractivity (Wildman–Crippen MR) is 111 cm³/mol. The molecule has 7 heteroatoms. The summed E-state index contributed by atoms with van der Waals surface area (Å²) in [6.45, 7) is 3.27. The number of amides is 1. The Morgan fingerprint density at radius 3 is 3.04 bits per heavy atom. The number of anilines is 2. The third-order valence-electron chi connectivity index (χ3n) is 4.48. The minimum atomic E-state index is -0.0438. The second-order valence-corrected chi connectivity index (χ2v) is 8.22. The second-order valence-electron chi connectivity index (χ2n) is 6.31. The lowest BCUT2D eigenvalue weighted by Crippen LogP contribution is -2.39. The Morgan fingerprint density at radius 2 is 2.23 bits per heavy atom. The second kappa shape index (κ2) is 9.37. The number of benzene rings is 1. The van der Waals surface area contributed by atoms with Gasteiger partial charge in [-0.1, -0.05) is 40.7 Å². The van der Waals surface area contributed by atoms with E-state index < -0.39 is 0 Å². The molecule has 26 heavy (non-hydrogen) atoms. The SMILES string of the molecule is CCC1CCCCN1c1cc(SCC(=O)Nc2cccc(Br)c2)ncn1. The number of carbonyl (C=O) groups is 1. The van der Waals surface area contributed by atoms with Crippen molar-refractivity contribution in [3.05, 3.63) is 41.1 Å². The Bertz CT molecular complexity index is 758. The molecule has 1 aliphatic heterocycles. The Hall–Kier alpha value is -1.60. The molecule has 1 fully saturated rings. The van der Waals surface area contributed by atoms with Crippen LogP contribution in [0.3, 0.4) is 0 Å². The molecule has 2 aromatic rings. The van der Waals surface area contributed by atoms with E-state index in [2.05, 4.69) is 43.0 Å². The lowest BCUT2D eigenvalue weighted by atomic mass is 10.0. The minimum absolute atomic E-state index is 0.0438. The van der Waals surface area contributed by atoms with Crippen LogP contribution in [0.15, 0.2) is 46.2 Å². The summed E-state index contributed by atoms with van der Waals surface area (Å²) in [4.78, 5) is 23.3. The number of hydrogen-bond donors (Lipinski definition) is 1. The van der Waals surface area contributed by atoms with Crippen molar-refractivity contribution in [1.29, 1.82) is 0 Å². The van der Waals surface area contributed by atoms with Crippen LogP contribution in [0, 0.1) is 0 Å². The van der Waals surface area contributed by atoms with E-state index in [1.165, 1.54) is 31.0 Å². The summed E-state index contributed by atoms with van der Waals surface area (Å²) in [6, 6.07) is 10.1. The summed E-state index contributed by atoms with van der Waals surface area (Å²) in [5, 5.41) is 3.74. The smallest absolute Gasteiger partial charge is 0.234 e. The standard InChI is InChI=1S/C19H23BrN4OS/c1-2-16-8-3-4-9-24(16)17-11-19(22-13-21-17)26-12-18(25)23-15-7-5-6-14(20)10-15/h5-7,10-11,13,16H,2-4,8-9,12H2,1H3,(H,23,25). The average Bonchev–Trinajstić information content (AvgIpc) is 2.66. The molecular weight excluding hydrogens is 412 g/mol. The van der Waals surface area contributed by atoms with Crippen LogP contribution < -0.4 is 10.2 Å². The maximum Gasteiger partial charge on any atom is 0.234 e. The summed E-state index contributed by atoms with van der Waals surface area (Å²) in [6.07, 6.45) is 6.44. The van der Waals surface area contributed by atoms with Crippen molar-refractivity contribution in [3.63, 3.8) is 0 Å². The zero-order chi connectivity index (χ0) is 18.4. The van der Waals surface area contributed by atoms with Gasteiger partial charge in [-0.05, 0) is 43.9 Å². The van der Waals surface area contributed by atoms with Crippen molar-refractivity contribution in [2.24, 2.45) is 0 Å². The zero-order valence-electron chi connectivity index (χ0n) is 14.8. The topological polar surface area (TPSA) is 58.1 Å². The molecule has 0 radical (unpaired) electrons. The Balaban J connectivity index is 1.59. The van der Waals surface area contributed by atoms with Crippen LogP contribution in [-0.4, -0.2) is 34.2 Å². The monoisotopic (exact) mass is 434 g/mol. The molecule has 1 atom stereocenters. The van der Waals surface area contributed by atoms with E-state index >= 15 is 0 Å². The van der Waals surface area contributed by atoms with E-state index in [0.717, 1.165) is 34.0 Å². The van der Waals surface area contributed by atoms with Crippen LogP contribution in [0.5, 0.6) is 0 Å². The van der Waals surface area contributed by atoms with Gasteiger partial charge in [0.05, 0.1) is 5.75 Å². The highest BCUT2D eigenvalue weighted by Gasteiger charge is 2.22.